The first kappa shape index (κ1) is 28.7. The Hall–Kier alpha value is -2.82. The third-order valence-corrected chi connectivity index (χ3v) is 7.05. The van der Waals surface area contributed by atoms with Crippen LogP contribution >= 0.6 is 0 Å². The van der Waals surface area contributed by atoms with Gasteiger partial charge in [-0.3, -0.25) is 9.63 Å². The van der Waals surface area contributed by atoms with Crippen LogP contribution < -0.4 is 5.90 Å². The van der Waals surface area contributed by atoms with Gasteiger partial charge in [0.05, 0.1) is 24.3 Å². The zero-order valence-corrected chi connectivity index (χ0v) is 22.0. The lowest BCUT2D eigenvalue weighted by atomic mass is 9.95. The minimum absolute atomic E-state index is 0.00723. The average Bonchev–Trinajstić information content (AvgIpc) is 3.50. The molecule has 0 aliphatic heterocycles. The largest absolute Gasteiger partial charge is 0.393 e. The monoisotopic (exact) mass is 519 g/mol. The van der Waals surface area contributed by atoms with E-state index < -0.39 is 18.2 Å². The molecule has 1 aliphatic carbocycles. The summed E-state index contributed by atoms with van der Waals surface area (Å²) < 4.78 is 15.3. The van der Waals surface area contributed by atoms with Gasteiger partial charge in [-0.15, -0.1) is 0 Å². The predicted molar refractivity (Wildman–Crippen MR) is 135 cm³/mol. The Morgan fingerprint density at radius 1 is 1.19 bits per heavy atom. The van der Waals surface area contributed by atoms with Crippen LogP contribution in [0.2, 0.25) is 0 Å². The topological polar surface area (TPSA) is 133 Å². The van der Waals surface area contributed by atoms with Crippen LogP contribution in [-0.2, 0) is 16.1 Å². The summed E-state index contributed by atoms with van der Waals surface area (Å²) in [6.45, 7) is 4.67. The Kier molecular flexibility index (Phi) is 10.2. The fourth-order valence-corrected chi connectivity index (χ4v) is 5.18. The molecule has 204 valence electrons. The van der Waals surface area contributed by atoms with Crippen molar-refractivity contribution in [3.63, 3.8) is 0 Å². The third kappa shape index (κ3) is 7.59. The number of aromatic nitrogens is 2. The van der Waals surface area contributed by atoms with Crippen LogP contribution in [0.3, 0.4) is 0 Å². The second kappa shape index (κ2) is 13.1. The van der Waals surface area contributed by atoms with E-state index in [4.69, 9.17) is 5.10 Å². The molecule has 10 heteroatoms. The first-order valence-corrected chi connectivity index (χ1v) is 13.0. The third-order valence-electron chi connectivity index (χ3n) is 7.05. The lowest BCUT2D eigenvalue weighted by molar-refractivity contribution is -0.657. The minimum atomic E-state index is -1.06. The number of hydrogen-bond donors (Lipinski definition) is 3. The van der Waals surface area contributed by atoms with E-state index in [0.717, 1.165) is 24.1 Å². The number of carbonyl (C=O) groups is 2. The van der Waals surface area contributed by atoms with Gasteiger partial charge in [0, 0.05) is 24.8 Å². The van der Waals surface area contributed by atoms with Crippen LogP contribution in [0.25, 0.3) is 5.69 Å². The molecule has 1 saturated carbocycles. The van der Waals surface area contributed by atoms with Crippen molar-refractivity contribution in [2.45, 2.75) is 83.3 Å². The summed E-state index contributed by atoms with van der Waals surface area (Å²) in [6, 6.07) is 5.90. The highest BCUT2D eigenvalue weighted by atomic mass is 19.1. The average molecular weight is 520 g/mol. The summed E-state index contributed by atoms with van der Waals surface area (Å²) in [6.07, 6.45) is 3.07. The van der Waals surface area contributed by atoms with Gasteiger partial charge in [-0.25, -0.2) is 13.9 Å². The Labute approximate surface area is 217 Å². The molecule has 1 aromatic heterocycles. The standard InChI is InChI=1S/C27H40FN4O5/c1-17(2)25-23(13-12-21(33)14-22(34)15-24(35)37-29)32(20-10-8-19(28)9-11-20)30-26(25)27(36)31(3)16-18-6-4-5-7-18/h8-11,17-18,21-22,33-34H,4-7,12-16H2,1-3,29H3/q+1. The van der Waals surface area contributed by atoms with Crippen molar-refractivity contribution in [2.24, 2.45) is 5.92 Å². The number of benzene rings is 1. The lowest BCUT2D eigenvalue weighted by Gasteiger charge is -2.21. The van der Waals surface area contributed by atoms with Gasteiger partial charge >= 0.3 is 5.97 Å². The predicted octanol–water partition coefficient (Wildman–Crippen LogP) is 2.53. The molecule has 1 aromatic carbocycles. The molecule has 1 fully saturated rings. The molecule has 0 spiro atoms. The summed E-state index contributed by atoms with van der Waals surface area (Å²) in [4.78, 5) is 31.0. The fraction of sp³-hybridized carbons (Fsp3) is 0.593. The molecule has 2 atom stereocenters. The zero-order valence-electron chi connectivity index (χ0n) is 22.0. The number of halogens is 1. The molecule has 0 bridgehead atoms. The van der Waals surface area contributed by atoms with Crippen LogP contribution in [-0.4, -0.2) is 62.6 Å². The van der Waals surface area contributed by atoms with Crippen molar-refractivity contribution in [3.05, 3.63) is 47.0 Å². The first-order chi connectivity index (χ1) is 17.6. The van der Waals surface area contributed by atoms with E-state index in [0.29, 0.717) is 30.3 Å². The number of quaternary nitrogens is 1. The Bertz CT molecular complexity index is 1050. The first-order valence-electron chi connectivity index (χ1n) is 13.0. The van der Waals surface area contributed by atoms with Crippen molar-refractivity contribution in [2.75, 3.05) is 13.6 Å². The summed E-state index contributed by atoms with van der Waals surface area (Å²) in [5, 5.41) is 25.4. The van der Waals surface area contributed by atoms with Gasteiger partial charge in [-0.05, 0) is 68.2 Å². The summed E-state index contributed by atoms with van der Waals surface area (Å²) in [7, 11) is 1.81. The highest BCUT2D eigenvalue weighted by Gasteiger charge is 2.29. The number of hydrogen-bond acceptors (Lipinski definition) is 6. The quantitative estimate of drug-likeness (QED) is 0.369. The van der Waals surface area contributed by atoms with Crippen molar-refractivity contribution < 1.29 is 34.9 Å². The van der Waals surface area contributed by atoms with Crippen LogP contribution in [0.15, 0.2) is 24.3 Å². The van der Waals surface area contributed by atoms with Crippen molar-refractivity contribution in [1.29, 1.82) is 0 Å². The molecule has 37 heavy (non-hydrogen) atoms. The van der Waals surface area contributed by atoms with Gasteiger partial charge in [-0.1, -0.05) is 26.7 Å². The number of aliphatic hydroxyl groups excluding tert-OH is 2. The molecule has 2 unspecified atom stereocenters. The molecule has 3 rings (SSSR count). The molecular weight excluding hydrogens is 479 g/mol. The lowest BCUT2D eigenvalue weighted by Crippen LogP contribution is -2.51. The van der Waals surface area contributed by atoms with Crippen LogP contribution in [0.5, 0.6) is 0 Å². The number of rotatable bonds is 12. The maximum atomic E-state index is 13.7. The summed E-state index contributed by atoms with van der Waals surface area (Å²) >= 11 is 0. The van der Waals surface area contributed by atoms with Crippen molar-refractivity contribution in [3.8, 4) is 5.69 Å². The molecule has 1 heterocycles. The second-order valence-electron chi connectivity index (χ2n) is 10.4. The van der Waals surface area contributed by atoms with Gasteiger partial charge in [-0.2, -0.15) is 11.0 Å². The molecule has 5 N–H and O–H groups in total. The van der Waals surface area contributed by atoms with Gasteiger partial charge in [0.1, 0.15) is 5.82 Å². The summed E-state index contributed by atoms with van der Waals surface area (Å²) in [5.41, 5.74) is 2.52. The number of carbonyl (C=O) groups excluding carboxylic acids is 2. The van der Waals surface area contributed by atoms with E-state index in [1.165, 1.54) is 25.0 Å². The normalized spacial score (nSPS) is 15.7. The maximum Gasteiger partial charge on any atom is 0.368 e. The van der Waals surface area contributed by atoms with E-state index in [1.807, 2.05) is 20.9 Å². The van der Waals surface area contributed by atoms with Crippen molar-refractivity contribution >= 4 is 11.9 Å². The van der Waals surface area contributed by atoms with Crippen molar-refractivity contribution in [1.82, 2.24) is 14.7 Å². The van der Waals surface area contributed by atoms with Crippen LogP contribution in [0, 0.1) is 11.7 Å². The van der Waals surface area contributed by atoms with Gasteiger partial charge < -0.3 is 15.1 Å². The van der Waals surface area contributed by atoms with E-state index >= 15 is 0 Å². The Morgan fingerprint density at radius 2 is 1.84 bits per heavy atom. The Morgan fingerprint density at radius 3 is 2.43 bits per heavy atom. The molecule has 0 saturated heterocycles. The van der Waals surface area contributed by atoms with Gasteiger partial charge in [0.25, 0.3) is 5.91 Å². The van der Waals surface area contributed by atoms with Gasteiger partial charge in [0.2, 0.25) is 0 Å². The van der Waals surface area contributed by atoms with E-state index in [-0.39, 0.29) is 36.9 Å². The molecule has 0 radical (unpaired) electrons. The molecule has 1 aliphatic rings. The molecule has 9 nitrogen and oxygen atoms in total. The highest BCUT2D eigenvalue weighted by Crippen LogP contribution is 2.30. The Balaban J connectivity index is 1.89. The van der Waals surface area contributed by atoms with Crippen LogP contribution in [0.1, 0.15) is 86.5 Å². The van der Waals surface area contributed by atoms with E-state index in [9.17, 15) is 24.2 Å². The number of nitrogens with zero attached hydrogens (tertiary/aromatic N) is 3. The molecule has 2 aromatic rings. The number of aliphatic hydroxyl groups is 2. The van der Waals surface area contributed by atoms with E-state index in [2.05, 4.69) is 10.7 Å². The second-order valence-corrected chi connectivity index (χ2v) is 10.4. The smallest absolute Gasteiger partial charge is 0.368 e. The fourth-order valence-electron chi connectivity index (χ4n) is 5.18. The zero-order chi connectivity index (χ0) is 27.1. The molecular formula is C27H40FN4O5+. The SMILES string of the molecule is CC(C)c1c(C(=O)N(C)CC2CCCC2)nn(-c2ccc(F)cc2)c1CCC(O)CC(O)CC(=O)O[NH3+]. The maximum absolute atomic E-state index is 13.7. The van der Waals surface area contributed by atoms with E-state index in [1.54, 1.807) is 21.7 Å². The van der Waals surface area contributed by atoms with Gasteiger partial charge in [0.15, 0.2) is 5.69 Å². The van der Waals surface area contributed by atoms with Crippen LogP contribution in [0.4, 0.5) is 4.39 Å². The number of amides is 1. The minimum Gasteiger partial charge on any atom is -0.393 e. The molecule has 1 amide bonds. The summed E-state index contributed by atoms with van der Waals surface area (Å²) in [5.74, 6) is 2.32. The highest BCUT2D eigenvalue weighted by molar-refractivity contribution is 5.94.